The Morgan fingerprint density at radius 3 is 2.28 bits per heavy atom. The van der Waals surface area contributed by atoms with E-state index in [0.29, 0.717) is 46.4 Å². The van der Waals surface area contributed by atoms with Crippen LogP contribution in [0, 0.1) is 17.8 Å². The lowest BCUT2D eigenvalue weighted by Crippen LogP contribution is -2.55. The molecule has 0 radical (unpaired) electrons. The minimum absolute atomic E-state index is 0.0372. The van der Waals surface area contributed by atoms with E-state index < -0.39 is 65.0 Å². The first-order valence-corrected chi connectivity index (χ1v) is 24.2. The fourth-order valence-corrected chi connectivity index (χ4v) is 11.2. The number of carbonyl (C=O) groups is 4. The molecule has 6 aromatic rings. The van der Waals surface area contributed by atoms with Gasteiger partial charge in [-0.15, -0.1) is 0 Å². The number of fused-ring (bicyclic) bond motifs is 4. The van der Waals surface area contributed by atoms with Crippen molar-refractivity contribution in [1.82, 2.24) is 20.2 Å². The van der Waals surface area contributed by atoms with Gasteiger partial charge >= 0.3 is 12.1 Å². The van der Waals surface area contributed by atoms with Gasteiger partial charge in [0.05, 0.1) is 54.5 Å². The van der Waals surface area contributed by atoms with Gasteiger partial charge in [0.1, 0.15) is 47.9 Å². The van der Waals surface area contributed by atoms with Crippen molar-refractivity contribution >= 4 is 40.6 Å². The SMILES string of the molecule is COCCOC(=O)N1C(=O)[C@@]2(c3cc(C#CC4(O)CCCCCC4)ccc31)[C@H](C(=O)NCc1nc3ccccc3[nH]1)[C@H]1C(=O)O[C@H](c3ccccc3)[C@H](c3ccccc3)N1[C@@H]2c1ccccc1OCCO. The standard InChI is InChI=1S/C56H55N5O10/c1-68-32-33-70-54(66)60-43-25-24-36(26-29-55(67)27-14-2-3-15-28-55)34-40(43)56(53(60)65)46(51(63)57-35-45-58-41-21-11-12-22-42(41)59-45)48-52(64)71-49(38-18-8-5-9-19-38)47(37-16-6-4-7-17-37)61(48)50(56)39-20-10-13-23-44(39)69-31-30-62/h4-13,16-25,34,46-50,62,67H,2-3,14-15,27-28,30-33,35H2,1H3,(H,57,63)(H,58,59)/t46-,47-,48-,49+,50+,56-/m0/s1. The third-order valence-corrected chi connectivity index (χ3v) is 14.2. The van der Waals surface area contributed by atoms with E-state index >= 15 is 14.4 Å². The van der Waals surface area contributed by atoms with Crippen LogP contribution in [0.5, 0.6) is 5.75 Å². The summed E-state index contributed by atoms with van der Waals surface area (Å²) in [5.74, 6) is 3.16. The lowest BCUT2D eigenvalue weighted by atomic mass is 9.65. The van der Waals surface area contributed by atoms with Gasteiger partial charge in [-0.25, -0.2) is 14.7 Å². The fraction of sp³-hybridized carbons (Fsp3) is 0.339. The quantitative estimate of drug-likeness (QED) is 0.0420. The Hall–Kier alpha value is -7.35. The molecule has 1 saturated carbocycles. The van der Waals surface area contributed by atoms with Crippen LogP contribution < -0.4 is 15.0 Å². The number of aromatic amines is 1. The number of benzene rings is 5. The number of imide groups is 1. The molecule has 1 aliphatic carbocycles. The van der Waals surface area contributed by atoms with Crippen molar-refractivity contribution in [2.75, 3.05) is 38.4 Å². The van der Waals surface area contributed by atoms with Gasteiger partial charge in [0.2, 0.25) is 11.8 Å². The van der Waals surface area contributed by atoms with E-state index in [4.69, 9.17) is 23.9 Å². The van der Waals surface area contributed by atoms with Crippen LogP contribution in [0.2, 0.25) is 0 Å². The van der Waals surface area contributed by atoms with Gasteiger partial charge in [-0.1, -0.05) is 116 Å². The molecule has 15 heteroatoms. The summed E-state index contributed by atoms with van der Waals surface area (Å²) in [6, 6.07) is 34.6. The van der Waals surface area contributed by atoms with E-state index in [1.54, 1.807) is 42.5 Å². The molecule has 2 saturated heterocycles. The van der Waals surface area contributed by atoms with E-state index in [1.165, 1.54) is 7.11 Å². The van der Waals surface area contributed by atoms with Gasteiger partial charge < -0.3 is 39.5 Å². The van der Waals surface area contributed by atoms with E-state index in [2.05, 4.69) is 22.1 Å². The molecule has 0 bridgehead atoms. The number of nitrogens with one attached hydrogen (secondary N) is 2. The normalized spacial score (nSPS) is 23.5. The molecule has 1 spiro atoms. The molecule has 4 aliphatic rings. The number of methoxy groups -OCH3 is 1. The van der Waals surface area contributed by atoms with Gasteiger partial charge in [0, 0.05) is 18.2 Å². The molecular formula is C56H55N5O10. The molecule has 5 aromatic carbocycles. The molecule has 10 rings (SSSR count). The van der Waals surface area contributed by atoms with Crippen LogP contribution in [0.25, 0.3) is 11.0 Å². The lowest BCUT2D eigenvalue weighted by Gasteiger charge is -2.46. The van der Waals surface area contributed by atoms with Crippen molar-refractivity contribution in [2.24, 2.45) is 5.92 Å². The number of para-hydroxylation sites is 3. The average molecular weight is 958 g/mol. The Morgan fingerprint density at radius 1 is 0.845 bits per heavy atom. The summed E-state index contributed by atoms with van der Waals surface area (Å²) < 4.78 is 23.9. The number of aromatic nitrogens is 2. The van der Waals surface area contributed by atoms with E-state index in [0.717, 1.165) is 36.1 Å². The van der Waals surface area contributed by atoms with Crippen LogP contribution in [0.15, 0.2) is 127 Å². The molecule has 6 atom stereocenters. The molecule has 4 N–H and O–H groups in total. The molecular weight excluding hydrogens is 903 g/mol. The summed E-state index contributed by atoms with van der Waals surface area (Å²) in [7, 11) is 1.46. The molecule has 71 heavy (non-hydrogen) atoms. The highest BCUT2D eigenvalue weighted by molar-refractivity contribution is 6.23. The van der Waals surface area contributed by atoms with Gasteiger partial charge in [0.15, 0.2) is 0 Å². The number of hydrogen-bond donors (Lipinski definition) is 4. The zero-order chi connectivity index (χ0) is 49.1. The van der Waals surface area contributed by atoms with Crippen LogP contribution in [-0.2, 0) is 40.6 Å². The molecule has 364 valence electrons. The predicted molar refractivity (Wildman–Crippen MR) is 262 cm³/mol. The Morgan fingerprint density at radius 2 is 1.55 bits per heavy atom. The van der Waals surface area contributed by atoms with Crippen molar-refractivity contribution in [3.8, 4) is 17.6 Å². The van der Waals surface area contributed by atoms with E-state index in [9.17, 15) is 15.0 Å². The molecule has 0 unspecified atom stereocenters. The number of aliphatic hydroxyl groups is 2. The number of aliphatic hydroxyl groups excluding tert-OH is 1. The molecule has 3 aliphatic heterocycles. The fourth-order valence-electron chi connectivity index (χ4n) is 11.2. The van der Waals surface area contributed by atoms with Gasteiger partial charge in [-0.3, -0.25) is 19.3 Å². The third-order valence-electron chi connectivity index (χ3n) is 14.2. The highest BCUT2D eigenvalue weighted by atomic mass is 16.6. The second kappa shape index (κ2) is 20.2. The highest BCUT2D eigenvalue weighted by Crippen LogP contribution is 2.66. The summed E-state index contributed by atoms with van der Waals surface area (Å²) in [5, 5.41) is 24.9. The minimum atomic E-state index is -2.15. The maximum Gasteiger partial charge on any atom is 0.421 e. The van der Waals surface area contributed by atoms with Crippen molar-refractivity contribution in [1.29, 1.82) is 0 Å². The smallest absolute Gasteiger partial charge is 0.421 e. The predicted octanol–water partition coefficient (Wildman–Crippen LogP) is 7.14. The summed E-state index contributed by atoms with van der Waals surface area (Å²) >= 11 is 0. The number of amides is 3. The van der Waals surface area contributed by atoms with Crippen LogP contribution in [0.4, 0.5) is 10.5 Å². The van der Waals surface area contributed by atoms with E-state index in [1.807, 2.05) is 89.8 Å². The molecule has 3 fully saturated rings. The highest BCUT2D eigenvalue weighted by Gasteiger charge is 2.76. The van der Waals surface area contributed by atoms with Crippen LogP contribution in [0.3, 0.4) is 0 Å². The number of carbonyl (C=O) groups excluding carboxylic acids is 4. The second-order valence-electron chi connectivity index (χ2n) is 18.5. The van der Waals surface area contributed by atoms with Gasteiger partial charge in [-0.2, -0.15) is 0 Å². The number of ether oxygens (including phenoxy) is 4. The molecule has 1 aromatic heterocycles. The number of H-pyrrole nitrogens is 1. The summed E-state index contributed by atoms with van der Waals surface area (Å²) in [4.78, 5) is 73.5. The zero-order valence-electron chi connectivity index (χ0n) is 39.3. The number of hydrogen-bond acceptors (Lipinski definition) is 12. The number of imidazole rings is 1. The molecule has 4 heterocycles. The first-order chi connectivity index (χ1) is 34.7. The minimum Gasteiger partial charge on any atom is -0.491 e. The van der Waals surface area contributed by atoms with Crippen LogP contribution in [0.1, 0.15) is 90.4 Å². The number of morpholine rings is 1. The van der Waals surface area contributed by atoms with Crippen molar-refractivity contribution in [2.45, 2.75) is 80.3 Å². The molecule has 3 amide bonds. The number of cyclic esters (lactones) is 1. The summed E-state index contributed by atoms with van der Waals surface area (Å²) in [6.45, 7) is -0.734. The third kappa shape index (κ3) is 8.71. The first kappa shape index (κ1) is 47.3. The number of rotatable bonds is 12. The summed E-state index contributed by atoms with van der Waals surface area (Å²) in [5.41, 5.74) is 0.560. The first-order valence-electron chi connectivity index (χ1n) is 24.2. The van der Waals surface area contributed by atoms with Crippen molar-refractivity contribution in [3.63, 3.8) is 0 Å². The Balaban J connectivity index is 1.26. The zero-order valence-corrected chi connectivity index (χ0v) is 39.3. The number of nitrogens with zero attached hydrogens (tertiary/aromatic N) is 3. The van der Waals surface area contributed by atoms with Crippen molar-refractivity contribution in [3.05, 3.63) is 161 Å². The monoisotopic (exact) mass is 957 g/mol. The van der Waals surface area contributed by atoms with Crippen LogP contribution >= 0.6 is 0 Å². The Labute approximate surface area is 411 Å². The van der Waals surface area contributed by atoms with Gasteiger partial charge in [0.25, 0.3) is 0 Å². The van der Waals surface area contributed by atoms with E-state index in [-0.39, 0.29) is 50.0 Å². The maximum absolute atomic E-state index is 16.6. The van der Waals surface area contributed by atoms with Gasteiger partial charge in [-0.05, 0) is 78.8 Å². The maximum atomic E-state index is 16.6. The lowest BCUT2D eigenvalue weighted by molar-refractivity contribution is -0.178. The second-order valence-corrected chi connectivity index (χ2v) is 18.5. The topological polar surface area (TPSA) is 193 Å². The van der Waals surface area contributed by atoms with Crippen LogP contribution in [-0.4, -0.2) is 94.1 Å². The Bertz CT molecular complexity index is 2970. The largest absolute Gasteiger partial charge is 0.491 e. The summed E-state index contributed by atoms with van der Waals surface area (Å²) in [6.07, 6.45) is 2.62. The number of anilines is 1. The Kier molecular flexibility index (Phi) is 13.4. The average Bonchev–Trinajstić information content (AvgIpc) is 3.97. The molecule has 15 nitrogen and oxygen atoms in total. The van der Waals surface area contributed by atoms with Crippen molar-refractivity contribution < 1.29 is 48.3 Å². The number of esters is 1.